The van der Waals surface area contributed by atoms with Gasteiger partial charge in [-0.15, -0.1) is 0 Å². The van der Waals surface area contributed by atoms with Crippen molar-refractivity contribution < 1.29 is 19.5 Å². The number of amides is 3. The third kappa shape index (κ3) is 6.77. The van der Waals surface area contributed by atoms with E-state index in [9.17, 15) is 24.3 Å². The lowest BCUT2D eigenvalue weighted by molar-refractivity contribution is -0.136. The number of rotatable bonds is 9. The number of imidazole rings is 1. The zero-order chi connectivity index (χ0) is 36.2. The molecule has 1 atom stereocenters. The van der Waals surface area contributed by atoms with E-state index in [1.54, 1.807) is 41.1 Å². The van der Waals surface area contributed by atoms with Gasteiger partial charge in [-0.25, -0.2) is 9.78 Å². The van der Waals surface area contributed by atoms with Crippen molar-refractivity contribution in [2.24, 2.45) is 7.05 Å². The smallest absolute Gasteiger partial charge is 0.328 e. The van der Waals surface area contributed by atoms with Gasteiger partial charge in [-0.05, 0) is 81.5 Å². The van der Waals surface area contributed by atoms with Gasteiger partial charge in [0, 0.05) is 69.7 Å². The number of nitrogens with one attached hydrogen (secondary N) is 2. The molecular weight excluding hydrogens is 674 g/mol. The molecule has 2 aromatic carbocycles. The average Bonchev–Trinajstić information content (AvgIpc) is 3.55. The average molecular weight is 716 g/mol. The van der Waals surface area contributed by atoms with Gasteiger partial charge < -0.3 is 25.1 Å². The Labute approximate surface area is 300 Å². The van der Waals surface area contributed by atoms with Crippen LogP contribution < -0.4 is 26.1 Å². The Hall–Kier alpha value is -4.95. The number of fused-ring (bicyclic) bond motifs is 2. The van der Waals surface area contributed by atoms with Crippen molar-refractivity contribution >= 4 is 63.5 Å². The van der Waals surface area contributed by atoms with Crippen LogP contribution in [0.15, 0.2) is 47.4 Å². The van der Waals surface area contributed by atoms with Crippen LogP contribution in [-0.4, -0.2) is 84.7 Å². The molecule has 7 rings (SSSR count). The predicted octanol–water partition coefficient (Wildman–Crippen LogP) is 3.55. The molecule has 3 amide bonds. The fourth-order valence-electron chi connectivity index (χ4n) is 7.27. The molecule has 3 N–H and O–H groups in total. The molecule has 5 heterocycles. The highest BCUT2D eigenvalue weighted by atomic mass is 35.5. The number of carbonyl (C=O) groups is 3. The summed E-state index contributed by atoms with van der Waals surface area (Å²) in [4.78, 5) is 65.5. The lowest BCUT2D eigenvalue weighted by atomic mass is 10.0. The molecule has 1 unspecified atom stereocenters. The molecule has 4 aromatic rings. The summed E-state index contributed by atoms with van der Waals surface area (Å²) >= 11 is 6.56. The quantitative estimate of drug-likeness (QED) is 0.219. The van der Waals surface area contributed by atoms with E-state index in [1.165, 1.54) is 0 Å². The van der Waals surface area contributed by atoms with Gasteiger partial charge in [0.25, 0.3) is 5.91 Å². The highest BCUT2D eigenvalue weighted by Crippen LogP contribution is 2.33. The molecule has 14 nitrogen and oxygen atoms in total. The minimum atomic E-state index is -0.905. The number of aliphatic hydroxyl groups is 1. The topological polar surface area (TPSA) is 158 Å². The number of piperidine rings is 2. The molecule has 0 saturated carbocycles. The summed E-state index contributed by atoms with van der Waals surface area (Å²) in [5.41, 5.74) is 3.71. The third-order valence-electron chi connectivity index (χ3n) is 10.3. The van der Waals surface area contributed by atoms with Gasteiger partial charge >= 0.3 is 5.69 Å². The number of benzene rings is 2. The van der Waals surface area contributed by atoms with Gasteiger partial charge in [0.05, 0.1) is 22.8 Å². The SMILES string of the molecule is CN(c1ncc(Cl)c(Nc2ccc3c(c2)n(CCC(C)(C)O)c(=O)n3C)n1)C1CCN(c2ccc3c(c2)CN(C2CCC(=O)NC2=O)C3=O)CC1. The molecule has 0 spiro atoms. The van der Waals surface area contributed by atoms with Crippen LogP contribution in [0.4, 0.5) is 23.1 Å². The van der Waals surface area contributed by atoms with E-state index in [0.717, 1.165) is 48.2 Å². The first-order chi connectivity index (χ1) is 24.3. The fraction of sp³-hybridized carbons (Fsp3) is 0.444. The molecular formula is C36H42ClN9O5. The number of aryl methyl sites for hydroxylation is 2. The van der Waals surface area contributed by atoms with Crippen LogP contribution in [0.1, 0.15) is 61.9 Å². The molecule has 268 valence electrons. The predicted molar refractivity (Wildman–Crippen MR) is 195 cm³/mol. The van der Waals surface area contributed by atoms with Crippen molar-refractivity contribution in [2.45, 2.75) is 76.7 Å². The highest BCUT2D eigenvalue weighted by molar-refractivity contribution is 6.33. The fourth-order valence-corrected chi connectivity index (χ4v) is 7.41. The van der Waals surface area contributed by atoms with E-state index < -0.39 is 17.6 Å². The van der Waals surface area contributed by atoms with E-state index in [-0.39, 0.29) is 30.0 Å². The zero-order valence-electron chi connectivity index (χ0n) is 29.1. The van der Waals surface area contributed by atoms with Crippen molar-refractivity contribution in [2.75, 3.05) is 35.3 Å². The number of imide groups is 1. The minimum Gasteiger partial charge on any atom is -0.390 e. The Morgan fingerprint density at radius 1 is 1.06 bits per heavy atom. The summed E-state index contributed by atoms with van der Waals surface area (Å²) in [6, 6.07) is 11.0. The zero-order valence-corrected chi connectivity index (χ0v) is 29.9. The summed E-state index contributed by atoms with van der Waals surface area (Å²) < 4.78 is 3.27. The molecule has 0 aliphatic carbocycles. The van der Waals surface area contributed by atoms with E-state index >= 15 is 0 Å². The Morgan fingerprint density at radius 2 is 1.82 bits per heavy atom. The Balaban J connectivity index is 1.01. The molecule has 15 heteroatoms. The highest BCUT2D eigenvalue weighted by Gasteiger charge is 2.39. The number of halogens is 1. The van der Waals surface area contributed by atoms with Crippen molar-refractivity contribution in [1.29, 1.82) is 0 Å². The van der Waals surface area contributed by atoms with Crippen LogP contribution in [0.25, 0.3) is 11.0 Å². The van der Waals surface area contributed by atoms with Crippen LogP contribution in [0.3, 0.4) is 0 Å². The standard InChI is InChI=1S/C36H42ClN9O5/c1-36(2,51)13-16-45-29-18-22(5-8-27(29)43(4)35(45)50)39-31-26(37)19-38-34(41-31)42(3)23-11-14-44(15-12-23)24-6-7-25-21(17-24)20-46(33(25)49)28-9-10-30(47)40-32(28)48/h5-8,17-19,23,28,51H,9-16,20H2,1-4H3,(H,38,39,41)(H,40,47,48). The second kappa shape index (κ2) is 13.3. The van der Waals surface area contributed by atoms with Crippen LogP contribution in [-0.2, 0) is 29.7 Å². The first-order valence-electron chi connectivity index (χ1n) is 17.2. The summed E-state index contributed by atoms with van der Waals surface area (Å²) in [7, 11) is 3.72. The summed E-state index contributed by atoms with van der Waals surface area (Å²) in [6.45, 7) is 5.77. The minimum absolute atomic E-state index is 0.149. The Bertz CT molecular complexity index is 2100. The first-order valence-corrected chi connectivity index (χ1v) is 17.6. The van der Waals surface area contributed by atoms with Gasteiger partial charge in [-0.3, -0.25) is 28.8 Å². The number of hydrogen-bond acceptors (Lipinski definition) is 10. The van der Waals surface area contributed by atoms with Crippen molar-refractivity contribution in [3.8, 4) is 0 Å². The summed E-state index contributed by atoms with van der Waals surface area (Å²) in [5, 5.41) is 16.3. The van der Waals surface area contributed by atoms with Gasteiger partial charge in [-0.1, -0.05) is 11.6 Å². The summed E-state index contributed by atoms with van der Waals surface area (Å²) in [6.07, 6.45) is 4.29. The van der Waals surface area contributed by atoms with Crippen molar-refractivity contribution in [3.63, 3.8) is 0 Å². The number of anilines is 4. The normalized spacial score (nSPS) is 18.4. The van der Waals surface area contributed by atoms with Crippen LogP contribution in [0, 0.1) is 0 Å². The third-order valence-corrected chi connectivity index (χ3v) is 10.6. The molecule has 0 bridgehead atoms. The van der Waals surface area contributed by atoms with E-state index in [4.69, 9.17) is 16.6 Å². The van der Waals surface area contributed by atoms with E-state index in [0.29, 0.717) is 54.0 Å². The summed E-state index contributed by atoms with van der Waals surface area (Å²) in [5.74, 6) is 0.0995. The largest absolute Gasteiger partial charge is 0.390 e. The maximum Gasteiger partial charge on any atom is 0.328 e. The maximum atomic E-state index is 13.1. The van der Waals surface area contributed by atoms with Crippen molar-refractivity contribution in [1.82, 2.24) is 29.3 Å². The van der Waals surface area contributed by atoms with Crippen LogP contribution >= 0.6 is 11.6 Å². The van der Waals surface area contributed by atoms with E-state index in [2.05, 4.69) is 25.4 Å². The Kier molecular flexibility index (Phi) is 9.00. The van der Waals surface area contributed by atoms with Crippen LogP contribution in [0.5, 0.6) is 0 Å². The number of nitrogens with zero attached hydrogens (tertiary/aromatic N) is 7. The molecule has 2 fully saturated rings. The van der Waals surface area contributed by atoms with Gasteiger partial charge in [0.1, 0.15) is 11.1 Å². The molecule has 3 aliphatic rings. The van der Waals surface area contributed by atoms with Gasteiger partial charge in [-0.2, -0.15) is 4.98 Å². The monoisotopic (exact) mass is 715 g/mol. The number of carbonyl (C=O) groups excluding carboxylic acids is 3. The molecule has 0 radical (unpaired) electrons. The lowest BCUT2D eigenvalue weighted by Crippen LogP contribution is -2.52. The number of hydrogen-bond donors (Lipinski definition) is 3. The lowest BCUT2D eigenvalue weighted by Gasteiger charge is -2.38. The van der Waals surface area contributed by atoms with E-state index in [1.807, 2.05) is 43.4 Å². The van der Waals surface area contributed by atoms with Crippen LogP contribution in [0.2, 0.25) is 5.02 Å². The van der Waals surface area contributed by atoms with Gasteiger partial charge in [0.15, 0.2) is 5.82 Å². The molecule has 3 aliphatic heterocycles. The Morgan fingerprint density at radius 3 is 2.55 bits per heavy atom. The molecule has 51 heavy (non-hydrogen) atoms. The first kappa shape index (κ1) is 34.5. The number of aromatic nitrogens is 4. The second-order valence-corrected chi connectivity index (χ2v) is 14.7. The maximum absolute atomic E-state index is 13.1. The molecule has 2 aromatic heterocycles. The van der Waals surface area contributed by atoms with Gasteiger partial charge in [0.2, 0.25) is 17.8 Å². The second-order valence-electron chi connectivity index (χ2n) is 14.3. The van der Waals surface area contributed by atoms with Crippen molar-refractivity contribution in [3.05, 3.63) is 69.2 Å². The molecule has 2 saturated heterocycles.